The van der Waals surface area contributed by atoms with Gasteiger partial charge in [0.05, 0.1) is 13.3 Å². The van der Waals surface area contributed by atoms with Gasteiger partial charge in [-0.25, -0.2) is 9.18 Å². The molecule has 0 aliphatic rings. The third-order valence-electron chi connectivity index (χ3n) is 1.91. The Labute approximate surface area is 80.9 Å². The van der Waals surface area contributed by atoms with Crippen LogP contribution in [-0.2, 0) is 15.1 Å². The minimum absolute atomic E-state index is 0.282. The van der Waals surface area contributed by atoms with Gasteiger partial charge in [0.1, 0.15) is 11.4 Å². The molecule has 76 valence electrons. The lowest BCUT2D eigenvalue weighted by atomic mass is 9.95. The van der Waals surface area contributed by atoms with E-state index >= 15 is 0 Å². The Bertz CT molecular complexity index is 352. The van der Waals surface area contributed by atoms with Gasteiger partial charge in [-0.05, 0) is 13.0 Å². The van der Waals surface area contributed by atoms with Crippen LogP contribution in [0.1, 0.15) is 12.5 Å². The van der Waals surface area contributed by atoms with Crippen LogP contribution in [0.2, 0.25) is 0 Å². The number of carbonyl (C=O) groups excluding carboxylic acids is 1. The Balaban J connectivity index is 3.09. The number of nitrogens with zero attached hydrogens (tertiary/aromatic N) is 1. The first-order valence-electron chi connectivity index (χ1n) is 3.97. The third kappa shape index (κ3) is 1.88. The monoisotopic (exact) mass is 198 g/mol. The maximum Gasteiger partial charge on any atom is 0.330 e. The summed E-state index contributed by atoms with van der Waals surface area (Å²) in [4.78, 5) is 14.9. The third-order valence-corrected chi connectivity index (χ3v) is 1.91. The predicted octanol–water partition coefficient (Wildman–Crippen LogP) is 0.568. The molecule has 5 heteroatoms. The smallest absolute Gasteiger partial charge is 0.330 e. The van der Waals surface area contributed by atoms with E-state index in [0.717, 1.165) is 12.3 Å². The second-order valence-corrected chi connectivity index (χ2v) is 3.09. The summed E-state index contributed by atoms with van der Waals surface area (Å²) in [6.45, 7) is 1.44. The molecule has 0 aliphatic heterocycles. The van der Waals surface area contributed by atoms with E-state index in [-0.39, 0.29) is 5.56 Å². The van der Waals surface area contributed by atoms with Crippen molar-refractivity contribution in [3.05, 3.63) is 29.8 Å². The Morgan fingerprint density at radius 1 is 1.64 bits per heavy atom. The number of carbonyl (C=O) groups is 1. The van der Waals surface area contributed by atoms with E-state index in [2.05, 4.69) is 9.72 Å². The molecule has 1 aromatic rings. The van der Waals surface area contributed by atoms with E-state index in [1.165, 1.54) is 20.2 Å². The summed E-state index contributed by atoms with van der Waals surface area (Å²) in [6, 6.07) is 1.16. The Kier molecular flexibility index (Phi) is 2.81. The highest BCUT2D eigenvalue weighted by Gasteiger charge is 2.32. The van der Waals surface area contributed by atoms with Crippen molar-refractivity contribution in [3.8, 4) is 0 Å². The van der Waals surface area contributed by atoms with Crippen LogP contribution < -0.4 is 5.73 Å². The first-order chi connectivity index (χ1) is 6.48. The molecule has 4 nitrogen and oxygen atoms in total. The topological polar surface area (TPSA) is 65.2 Å². The summed E-state index contributed by atoms with van der Waals surface area (Å²) >= 11 is 0. The molecule has 14 heavy (non-hydrogen) atoms. The van der Waals surface area contributed by atoms with Crippen molar-refractivity contribution in [2.45, 2.75) is 12.5 Å². The zero-order chi connectivity index (χ0) is 10.8. The first-order valence-corrected chi connectivity index (χ1v) is 3.97. The number of nitrogens with two attached hydrogens (primary N) is 1. The second-order valence-electron chi connectivity index (χ2n) is 3.09. The highest BCUT2D eigenvalue weighted by atomic mass is 19.1. The number of methoxy groups -OCH3 is 1. The van der Waals surface area contributed by atoms with Gasteiger partial charge in [0.2, 0.25) is 0 Å². The van der Waals surface area contributed by atoms with Crippen molar-refractivity contribution in [3.63, 3.8) is 0 Å². The number of halogens is 1. The molecule has 0 fully saturated rings. The van der Waals surface area contributed by atoms with Gasteiger partial charge >= 0.3 is 5.97 Å². The van der Waals surface area contributed by atoms with Crippen molar-refractivity contribution in [2.24, 2.45) is 5.73 Å². The molecular weight excluding hydrogens is 187 g/mol. The van der Waals surface area contributed by atoms with E-state index in [1.54, 1.807) is 0 Å². The second kappa shape index (κ2) is 3.71. The lowest BCUT2D eigenvalue weighted by Crippen LogP contribution is -2.42. The van der Waals surface area contributed by atoms with Gasteiger partial charge in [-0.3, -0.25) is 4.98 Å². The Morgan fingerprint density at radius 2 is 2.29 bits per heavy atom. The summed E-state index contributed by atoms with van der Waals surface area (Å²) in [6.07, 6.45) is 2.37. The summed E-state index contributed by atoms with van der Waals surface area (Å²) < 4.78 is 17.3. The van der Waals surface area contributed by atoms with Gasteiger partial charge < -0.3 is 10.5 Å². The number of esters is 1. The van der Waals surface area contributed by atoms with Crippen LogP contribution in [0.3, 0.4) is 0 Å². The zero-order valence-corrected chi connectivity index (χ0v) is 7.95. The fourth-order valence-electron chi connectivity index (χ4n) is 1.03. The quantitative estimate of drug-likeness (QED) is 0.705. The van der Waals surface area contributed by atoms with E-state index in [4.69, 9.17) is 5.73 Å². The highest BCUT2D eigenvalue weighted by Crippen LogP contribution is 2.18. The van der Waals surface area contributed by atoms with Crippen LogP contribution in [0.15, 0.2) is 18.5 Å². The maximum atomic E-state index is 12.8. The average Bonchev–Trinajstić information content (AvgIpc) is 2.16. The van der Waals surface area contributed by atoms with Crippen LogP contribution >= 0.6 is 0 Å². The highest BCUT2D eigenvalue weighted by molar-refractivity contribution is 5.81. The largest absolute Gasteiger partial charge is 0.467 e. The van der Waals surface area contributed by atoms with Gasteiger partial charge in [0.15, 0.2) is 0 Å². The van der Waals surface area contributed by atoms with Crippen LogP contribution in [-0.4, -0.2) is 18.1 Å². The van der Waals surface area contributed by atoms with Crippen molar-refractivity contribution in [1.29, 1.82) is 0 Å². The molecule has 0 aliphatic carbocycles. The predicted molar refractivity (Wildman–Crippen MR) is 47.8 cm³/mol. The van der Waals surface area contributed by atoms with Gasteiger partial charge in [-0.2, -0.15) is 0 Å². The van der Waals surface area contributed by atoms with E-state index in [1.807, 2.05) is 0 Å². The lowest BCUT2D eigenvalue weighted by molar-refractivity contribution is -0.146. The molecule has 1 atom stereocenters. The lowest BCUT2D eigenvalue weighted by Gasteiger charge is -2.21. The average molecular weight is 198 g/mol. The maximum absolute atomic E-state index is 12.8. The number of hydrogen-bond acceptors (Lipinski definition) is 4. The number of rotatable bonds is 2. The van der Waals surface area contributed by atoms with E-state index in [9.17, 15) is 9.18 Å². The molecule has 0 aromatic carbocycles. The summed E-state index contributed by atoms with van der Waals surface area (Å²) in [7, 11) is 1.22. The number of ether oxygens (including phenoxy) is 1. The molecule has 0 amide bonds. The molecule has 0 bridgehead atoms. The minimum atomic E-state index is -1.37. The molecule has 0 spiro atoms. The zero-order valence-electron chi connectivity index (χ0n) is 7.95. The van der Waals surface area contributed by atoms with E-state index < -0.39 is 17.3 Å². The van der Waals surface area contributed by atoms with Crippen molar-refractivity contribution < 1.29 is 13.9 Å². The van der Waals surface area contributed by atoms with Crippen molar-refractivity contribution in [1.82, 2.24) is 4.98 Å². The number of pyridine rings is 1. The fraction of sp³-hybridized carbons (Fsp3) is 0.333. The van der Waals surface area contributed by atoms with Gasteiger partial charge in [0, 0.05) is 11.8 Å². The van der Waals surface area contributed by atoms with Gasteiger partial charge in [0.25, 0.3) is 0 Å². The van der Waals surface area contributed by atoms with Crippen molar-refractivity contribution >= 4 is 5.97 Å². The van der Waals surface area contributed by atoms with Crippen molar-refractivity contribution in [2.75, 3.05) is 7.11 Å². The SMILES string of the molecule is COC(=O)[C@](C)(N)c1cncc(F)c1. The van der Waals surface area contributed by atoms with Crippen LogP contribution in [0, 0.1) is 5.82 Å². The molecule has 1 aromatic heterocycles. The Hall–Kier alpha value is -1.49. The van der Waals surface area contributed by atoms with Crippen LogP contribution in [0.25, 0.3) is 0 Å². The molecule has 2 N–H and O–H groups in total. The fourth-order valence-corrected chi connectivity index (χ4v) is 1.03. The Morgan fingerprint density at radius 3 is 2.79 bits per heavy atom. The molecule has 1 heterocycles. The van der Waals surface area contributed by atoms with Gasteiger partial charge in [-0.1, -0.05) is 0 Å². The summed E-state index contributed by atoms with van der Waals surface area (Å²) in [5.74, 6) is -1.17. The first kappa shape index (κ1) is 10.6. The molecular formula is C9H11FN2O2. The van der Waals surface area contributed by atoms with E-state index in [0.29, 0.717) is 0 Å². The standard InChI is InChI=1S/C9H11FN2O2/c1-9(11,8(13)14-2)6-3-7(10)5-12-4-6/h3-5H,11H2,1-2H3/t9-/m1/s1. The van der Waals surface area contributed by atoms with Gasteiger partial charge in [-0.15, -0.1) is 0 Å². The molecule has 0 unspecified atom stereocenters. The summed E-state index contributed by atoms with van der Waals surface area (Å²) in [5, 5.41) is 0. The molecule has 1 rings (SSSR count). The minimum Gasteiger partial charge on any atom is -0.467 e. The number of hydrogen-bond donors (Lipinski definition) is 1. The number of aromatic nitrogens is 1. The van der Waals surface area contributed by atoms with Crippen LogP contribution in [0.5, 0.6) is 0 Å². The van der Waals surface area contributed by atoms with Crippen LogP contribution in [0.4, 0.5) is 4.39 Å². The molecule has 0 radical (unpaired) electrons. The normalized spacial score (nSPS) is 14.6. The molecule has 0 saturated carbocycles. The summed E-state index contributed by atoms with van der Waals surface area (Å²) in [5.41, 5.74) is 4.59. The molecule has 0 saturated heterocycles.